The molecule has 1 aromatic carbocycles. The van der Waals surface area contributed by atoms with Gasteiger partial charge >= 0.3 is 0 Å². The van der Waals surface area contributed by atoms with Crippen molar-refractivity contribution in [3.05, 3.63) is 84.1 Å². The first-order valence-corrected chi connectivity index (χ1v) is 10.2. The Morgan fingerprint density at radius 3 is 2.81 bits per heavy atom. The summed E-state index contributed by atoms with van der Waals surface area (Å²) in [6.45, 7) is 0.452. The summed E-state index contributed by atoms with van der Waals surface area (Å²) < 4.78 is 3.53. The number of para-hydroxylation sites is 1. The van der Waals surface area contributed by atoms with E-state index in [-0.39, 0.29) is 11.8 Å². The van der Waals surface area contributed by atoms with Crippen LogP contribution in [0.3, 0.4) is 0 Å². The second-order valence-corrected chi connectivity index (χ2v) is 8.16. The lowest BCUT2D eigenvalue weighted by atomic mass is 9.73. The van der Waals surface area contributed by atoms with E-state index >= 15 is 0 Å². The van der Waals surface area contributed by atoms with E-state index in [0.717, 1.165) is 16.8 Å². The number of benzene rings is 1. The third-order valence-corrected chi connectivity index (χ3v) is 6.47. The van der Waals surface area contributed by atoms with E-state index in [9.17, 15) is 9.59 Å². The Morgan fingerprint density at radius 1 is 1.16 bits per heavy atom. The highest BCUT2D eigenvalue weighted by Gasteiger charge is 2.59. The maximum absolute atomic E-state index is 13.7. The molecule has 8 nitrogen and oxygen atoms in total. The van der Waals surface area contributed by atoms with Gasteiger partial charge in [-0.25, -0.2) is 4.98 Å². The fourth-order valence-corrected chi connectivity index (χ4v) is 5.14. The maximum Gasteiger partial charge on any atom is 0.274 e. The van der Waals surface area contributed by atoms with Crippen molar-refractivity contribution >= 4 is 23.1 Å². The Morgan fingerprint density at radius 2 is 2.00 bits per heavy atom. The Balaban J connectivity index is 1.50. The lowest BCUT2D eigenvalue weighted by Gasteiger charge is -2.33. The van der Waals surface area contributed by atoms with Crippen LogP contribution in [0.2, 0.25) is 0 Å². The number of aryl methyl sites for hydroxylation is 1. The second kappa shape index (κ2) is 6.28. The lowest BCUT2D eigenvalue weighted by molar-refractivity contribution is -0.121. The zero-order valence-electron chi connectivity index (χ0n) is 16.9. The number of carbonyl (C=O) groups is 2. The fourth-order valence-electron chi connectivity index (χ4n) is 5.14. The number of hydrogen-bond acceptors (Lipinski definition) is 4. The maximum atomic E-state index is 13.7. The minimum atomic E-state index is -0.853. The number of rotatable bonds is 2. The van der Waals surface area contributed by atoms with Crippen molar-refractivity contribution in [1.29, 1.82) is 0 Å². The van der Waals surface area contributed by atoms with Gasteiger partial charge in [-0.15, -0.1) is 0 Å². The summed E-state index contributed by atoms with van der Waals surface area (Å²) in [7, 11) is 1.84. The number of hydrogen-bond donors (Lipinski definition) is 1. The number of nitrogens with one attached hydrogen (secondary N) is 1. The molecule has 3 aromatic heterocycles. The Bertz CT molecular complexity index is 1320. The third-order valence-electron chi connectivity index (χ3n) is 6.47. The van der Waals surface area contributed by atoms with Gasteiger partial charge in [0.2, 0.25) is 5.91 Å². The standard InChI is InChI=1S/C23H20N6O2/c1-27-13-15(12-24-27)20-23(16-6-2-3-7-17(16)26-22(23)31)9-11-29(20)21(30)18-14-28-10-5-4-8-19(28)25-18/h2-8,10,12-14,20H,9,11H2,1H3,(H,26,31)/t20-,23+/m0/s1. The van der Waals surface area contributed by atoms with Crippen LogP contribution in [0.15, 0.2) is 67.3 Å². The largest absolute Gasteiger partial charge is 0.329 e. The number of imidazole rings is 1. The molecule has 1 spiro atoms. The van der Waals surface area contributed by atoms with Crippen LogP contribution in [-0.2, 0) is 17.3 Å². The van der Waals surface area contributed by atoms with Crippen molar-refractivity contribution in [3.8, 4) is 0 Å². The fraction of sp³-hybridized carbons (Fsp3) is 0.217. The molecule has 0 bridgehead atoms. The van der Waals surface area contributed by atoms with Crippen molar-refractivity contribution in [2.24, 2.45) is 7.05 Å². The molecule has 4 aromatic rings. The molecule has 2 aliphatic heterocycles. The molecule has 5 heterocycles. The summed E-state index contributed by atoms with van der Waals surface area (Å²) in [6, 6.07) is 12.9. The van der Waals surface area contributed by atoms with Crippen LogP contribution in [-0.4, -0.2) is 42.4 Å². The zero-order chi connectivity index (χ0) is 21.2. The van der Waals surface area contributed by atoms with Crippen LogP contribution in [0.5, 0.6) is 0 Å². The molecule has 1 saturated heterocycles. The number of anilines is 1. The van der Waals surface area contributed by atoms with Crippen LogP contribution in [0.4, 0.5) is 5.69 Å². The molecule has 0 saturated carbocycles. The number of nitrogens with zero attached hydrogens (tertiary/aromatic N) is 5. The zero-order valence-corrected chi connectivity index (χ0v) is 16.9. The van der Waals surface area contributed by atoms with E-state index in [1.165, 1.54) is 0 Å². The summed E-state index contributed by atoms with van der Waals surface area (Å²) in [4.78, 5) is 33.3. The lowest BCUT2D eigenvalue weighted by Crippen LogP contribution is -2.42. The third kappa shape index (κ3) is 2.41. The molecule has 8 heteroatoms. The summed E-state index contributed by atoms with van der Waals surface area (Å²) in [5, 5.41) is 7.36. The van der Waals surface area contributed by atoms with Gasteiger partial charge in [0.25, 0.3) is 5.91 Å². The first-order chi connectivity index (χ1) is 15.1. The molecule has 0 aliphatic carbocycles. The van der Waals surface area contributed by atoms with Crippen molar-refractivity contribution in [2.75, 3.05) is 11.9 Å². The second-order valence-electron chi connectivity index (χ2n) is 8.16. The summed E-state index contributed by atoms with van der Waals surface area (Å²) in [6.07, 6.45) is 7.77. The van der Waals surface area contributed by atoms with Gasteiger partial charge in [-0.2, -0.15) is 5.10 Å². The average molecular weight is 412 g/mol. The normalized spacial score (nSPS) is 22.3. The van der Waals surface area contributed by atoms with E-state index < -0.39 is 11.5 Å². The van der Waals surface area contributed by atoms with Gasteiger partial charge in [-0.05, 0) is 30.2 Å². The van der Waals surface area contributed by atoms with Gasteiger partial charge < -0.3 is 14.6 Å². The highest BCUT2D eigenvalue weighted by molar-refractivity contribution is 6.08. The van der Waals surface area contributed by atoms with Crippen molar-refractivity contribution in [3.63, 3.8) is 0 Å². The number of pyridine rings is 1. The highest BCUT2D eigenvalue weighted by atomic mass is 16.2. The molecule has 1 N–H and O–H groups in total. The first kappa shape index (κ1) is 17.9. The van der Waals surface area contributed by atoms with Crippen LogP contribution in [0, 0.1) is 0 Å². The van der Waals surface area contributed by atoms with Gasteiger partial charge in [0.1, 0.15) is 16.8 Å². The van der Waals surface area contributed by atoms with Crippen LogP contribution < -0.4 is 5.32 Å². The molecule has 31 heavy (non-hydrogen) atoms. The number of amides is 2. The molecule has 154 valence electrons. The Kier molecular flexibility index (Phi) is 3.62. The molecule has 2 atom stereocenters. The Hall–Kier alpha value is -3.94. The van der Waals surface area contributed by atoms with Gasteiger partial charge in [0.05, 0.1) is 12.2 Å². The highest BCUT2D eigenvalue weighted by Crippen LogP contribution is 2.54. The Labute approximate surface area is 178 Å². The van der Waals surface area contributed by atoms with Gasteiger partial charge in [-0.3, -0.25) is 14.3 Å². The molecular weight excluding hydrogens is 392 g/mol. The number of fused-ring (bicyclic) bond motifs is 3. The predicted molar refractivity (Wildman–Crippen MR) is 114 cm³/mol. The quantitative estimate of drug-likeness (QED) is 0.548. The van der Waals surface area contributed by atoms with E-state index in [0.29, 0.717) is 24.3 Å². The number of aromatic nitrogens is 4. The molecule has 1 fully saturated rings. The topological polar surface area (TPSA) is 84.5 Å². The monoisotopic (exact) mass is 412 g/mol. The van der Waals surface area contributed by atoms with Gasteiger partial charge in [0.15, 0.2) is 0 Å². The minimum Gasteiger partial charge on any atom is -0.329 e. The smallest absolute Gasteiger partial charge is 0.274 e. The molecule has 0 radical (unpaired) electrons. The SMILES string of the molecule is Cn1cc([C@@H]2N(C(=O)c3cn4ccccc4n3)CC[C@]23C(=O)Nc2ccccc23)cn1. The van der Waals surface area contributed by atoms with Gasteiger partial charge in [0, 0.05) is 43.4 Å². The number of carbonyl (C=O) groups excluding carboxylic acids is 2. The summed E-state index contributed by atoms with van der Waals surface area (Å²) >= 11 is 0. The molecule has 6 rings (SSSR count). The molecule has 0 unspecified atom stereocenters. The van der Waals surface area contributed by atoms with E-state index in [1.54, 1.807) is 22.0 Å². The van der Waals surface area contributed by atoms with Crippen LogP contribution in [0.1, 0.15) is 34.1 Å². The van der Waals surface area contributed by atoms with E-state index in [2.05, 4.69) is 15.4 Å². The summed E-state index contributed by atoms with van der Waals surface area (Å²) in [5.41, 5.74) is 2.80. The molecule has 2 aliphatic rings. The van der Waals surface area contributed by atoms with E-state index in [1.807, 2.05) is 66.3 Å². The number of likely N-dealkylation sites (tertiary alicyclic amines) is 1. The molecular formula is C23H20N6O2. The van der Waals surface area contributed by atoms with E-state index in [4.69, 9.17) is 0 Å². The van der Waals surface area contributed by atoms with Crippen LogP contribution in [0.25, 0.3) is 5.65 Å². The minimum absolute atomic E-state index is 0.0761. The van der Waals surface area contributed by atoms with Crippen molar-refractivity contribution in [2.45, 2.75) is 17.9 Å². The first-order valence-electron chi connectivity index (χ1n) is 10.2. The average Bonchev–Trinajstić information content (AvgIpc) is 3.53. The summed E-state index contributed by atoms with van der Waals surface area (Å²) in [5.74, 6) is -0.264. The molecule has 2 amide bonds. The van der Waals surface area contributed by atoms with Crippen LogP contribution >= 0.6 is 0 Å². The van der Waals surface area contributed by atoms with Crippen molar-refractivity contribution < 1.29 is 9.59 Å². The van der Waals surface area contributed by atoms with Gasteiger partial charge in [-0.1, -0.05) is 24.3 Å². The predicted octanol–water partition coefficient (Wildman–Crippen LogP) is 2.55. The van der Waals surface area contributed by atoms with Crippen molar-refractivity contribution in [1.82, 2.24) is 24.1 Å².